The molecule has 5 heteroatoms. The molecule has 0 bridgehead atoms. The van der Waals surface area contributed by atoms with E-state index < -0.39 is 0 Å². The molecule has 0 unspecified atom stereocenters. The molecule has 2 aromatic rings. The molecule has 1 aromatic carbocycles. The lowest BCUT2D eigenvalue weighted by atomic mass is 10.0. The van der Waals surface area contributed by atoms with Crippen LogP contribution in [0.3, 0.4) is 0 Å². The van der Waals surface area contributed by atoms with Crippen molar-refractivity contribution in [2.75, 3.05) is 19.6 Å². The van der Waals surface area contributed by atoms with Gasteiger partial charge in [0.25, 0.3) is 5.91 Å². The Morgan fingerprint density at radius 2 is 2.05 bits per heavy atom. The fourth-order valence-electron chi connectivity index (χ4n) is 2.91. The number of amides is 1. The third-order valence-electron chi connectivity index (χ3n) is 4.00. The zero-order valence-electron chi connectivity index (χ0n) is 12.2. The highest BCUT2D eigenvalue weighted by Crippen LogP contribution is 2.19. The Kier molecular flexibility index (Phi) is 4.10. The average molecular weight is 284 g/mol. The first-order valence-electron chi connectivity index (χ1n) is 7.52. The van der Waals surface area contributed by atoms with E-state index in [9.17, 15) is 4.79 Å². The molecule has 1 aliphatic heterocycles. The molecule has 1 N–H and O–H groups in total. The number of benzene rings is 1. The molecule has 0 radical (unpaired) electrons. The molecule has 1 aromatic heterocycles. The van der Waals surface area contributed by atoms with Gasteiger partial charge in [0.1, 0.15) is 5.52 Å². The molecule has 2 heterocycles. The van der Waals surface area contributed by atoms with Gasteiger partial charge in [0, 0.05) is 31.5 Å². The highest BCUT2D eigenvalue weighted by molar-refractivity contribution is 6.04. The maximum absolute atomic E-state index is 12.7. The van der Waals surface area contributed by atoms with Crippen molar-refractivity contribution < 1.29 is 4.79 Å². The van der Waals surface area contributed by atoms with Crippen molar-refractivity contribution in [2.24, 2.45) is 0 Å². The Morgan fingerprint density at radius 3 is 2.81 bits per heavy atom. The molecule has 1 aliphatic rings. The number of piperidine rings is 1. The number of rotatable bonds is 3. The standard InChI is InChI=1S/C16H20N4O/c1-2-17-12-6-10-20(11-7-12)16(21)13-4-3-5-14-15(13)19-9-8-18-14/h3-5,8-9,12,17H,2,6-7,10-11H2,1H3. The quantitative estimate of drug-likeness (QED) is 0.934. The fraction of sp³-hybridized carbons (Fsp3) is 0.438. The number of likely N-dealkylation sites (tertiary alicyclic amines) is 1. The minimum absolute atomic E-state index is 0.0658. The lowest BCUT2D eigenvalue weighted by Gasteiger charge is -2.32. The van der Waals surface area contributed by atoms with Crippen LogP contribution in [-0.2, 0) is 0 Å². The van der Waals surface area contributed by atoms with Gasteiger partial charge >= 0.3 is 0 Å². The highest BCUT2D eigenvalue weighted by Gasteiger charge is 2.24. The molecule has 0 spiro atoms. The Morgan fingerprint density at radius 1 is 1.29 bits per heavy atom. The summed E-state index contributed by atoms with van der Waals surface area (Å²) in [6.07, 6.45) is 5.31. The van der Waals surface area contributed by atoms with Crippen molar-refractivity contribution in [1.29, 1.82) is 0 Å². The van der Waals surface area contributed by atoms with Crippen molar-refractivity contribution in [3.05, 3.63) is 36.2 Å². The summed E-state index contributed by atoms with van der Waals surface area (Å²) in [5.41, 5.74) is 2.12. The molecule has 5 nitrogen and oxygen atoms in total. The molecule has 0 aliphatic carbocycles. The van der Waals surface area contributed by atoms with E-state index in [0.717, 1.165) is 38.0 Å². The molecular formula is C16H20N4O. The number of nitrogens with one attached hydrogen (secondary N) is 1. The topological polar surface area (TPSA) is 58.1 Å². The largest absolute Gasteiger partial charge is 0.338 e. The zero-order chi connectivity index (χ0) is 14.7. The average Bonchev–Trinajstić information content (AvgIpc) is 2.55. The van der Waals surface area contributed by atoms with E-state index in [0.29, 0.717) is 17.1 Å². The molecule has 1 fully saturated rings. The summed E-state index contributed by atoms with van der Waals surface area (Å²) in [5, 5.41) is 3.45. The van der Waals surface area contributed by atoms with Gasteiger partial charge in [-0.2, -0.15) is 0 Å². The smallest absolute Gasteiger partial charge is 0.256 e. The van der Waals surface area contributed by atoms with Gasteiger partial charge in [0.05, 0.1) is 11.1 Å². The van der Waals surface area contributed by atoms with Gasteiger partial charge < -0.3 is 10.2 Å². The van der Waals surface area contributed by atoms with Crippen LogP contribution in [0, 0.1) is 0 Å². The third kappa shape index (κ3) is 2.88. The predicted octanol–water partition coefficient (Wildman–Crippen LogP) is 1.84. The summed E-state index contributed by atoms with van der Waals surface area (Å²) in [6, 6.07) is 6.13. The monoisotopic (exact) mass is 284 g/mol. The molecule has 21 heavy (non-hydrogen) atoms. The SMILES string of the molecule is CCNC1CCN(C(=O)c2cccc3nccnc23)CC1. The van der Waals surface area contributed by atoms with Gasteiger partial charge in [-0.3, -0.25) is 14.8 Å². The fourth-order valence-corrected chi connectivity index (χ4v) is 2.91. The van der Waals surface area contributed by atoms with Gasteiger partial charge in [-0.15, -0.1) is 0 Å². The number of fused-ring (bicyclic) bond motifs is 1. The second kappa shape index (κ2) is 6.18. The van der Waals surface area contributed by atoms with Crippen LogP contribution in [-0.4, -0.2) is 46.5 Å². The lowest BCUT2D eigenvalue weighted by Crippen LogP contribution is -2.44. The van der Waals surface area contributed by atoms with Gasteiger partial charge in [0.15, 0.2) is 0 Å². The van der Waals surface area contributed by atoms with E-state index in [1.165, 1.54) is 0 Å². The van der Waals surface area contributed by atoms with Crippen LogP contribution in [0.1, 0.15) is 30.1 Å². The van der Waals surface area contributed by atoms with Gasteiger partial charge in [-0.1, -0.05) is 13.0 Å². The summed E-state index contributed by atoms with van der Waals surface area (Å²) in [4.78, 5) is 23.2. The minimum Gasteiger partial charge on any atom is -0.338 e. The van der Waals surface area contributed by atoms with E-state index in [-0.39, 0.29) is 5.91 Å². The Balaban J connectivity index is 1.79. The molecule has 3 rings (SSSR count). The molecule has 1 amide bonds. The van der Waals surface area contributed by atoms with Crippen molar-refractivity contribution in [2.45, 2.75) is 25.8 Å². The van der Waals surface area contributed by atoms with E-state index in [4.69, 9.17) is 0 Å². The number of carbonyl (C=O) groups is 1. The summed E-state index contributed by atoms with van der Waals surface area (Å²) in [5.74, 6) is 0.0658. The third-order valence-corrected chi connectivity index (χ3v) is 4.00. The second-order valence-electron chi connectivity index (χ2n) is 5.35. The number of carbonyl (C=O) groups excluding carboxylic acids is 1. The summed E-state index contributed by atoms with van der Waals surface area (Å²) in [7, 11) is 0. The maximum atomic E-state index is 12.7. The summed E-state index contributed by atoms with van der Waals surface area (Å²) < 4.78 is 0. The summed E-state index contributed by atoms with van der Waals surface area (Å²) >= 11 is 0. The van der Waals surface area contributed by atoms with E-state index in [1.807, 2.05) is 23.1 Å². The molecule has 110 valence electrons. The number of hydrogen-bond donors (Lipinski definition) is 1. The Bertz CT molecular complexity index is 630. The number of para-hydroxylation sites is 1. The highest BCUT2D eigenvalue weighted by atomic mass is 16.2. The van der Waals surface area contributed by atoms with E-state index >= 15 is 0 Å². The number of hydrogen-bond acceptors (Lipinski definition) is 4. The van der Waals surface area contributed by atoms with Crippen molar-refractivity contribution in [3.63, 3.8) is 0 Å². The van der Waals surface area contributed by atoms with Crippen LogP contribution in [0.2, 0.25) is 0 Å². The number of aromatic nitrogens is 2. The van der Waals surface area contributed by atoms with Gasteiger partial charge in [-0.05, 0) is 31.5 Å². The summed E-state index contributed by atoms with van der Waals surface area (Å²) in [6.45, 7) is 4.70. The Labute approximate surface area is 124 Å². The second-order valence-corrected chi connectivity index (χ2v) is 5.35. The minimum atomic E-state index is 0.0658. The Hall–Kier alpha value is -2.01. The van der Waals surface area contributed by atoms with Crippen molar-refractivity contribution in [1.82, 2.24) is 20.2 Å². The van der Waals surface area contributed by atoms with Crippen molar-refractivity contribution in [3.8, 4) is 0 Å². The molecular weight excluding hydrogens is 264 g/mol. The first-order valence-corrected chi connectivity index (χ1v) is 7.52. The van der Waals surface area contributed by atoms with Crippen LogP contribution in [0.15, 0.2) is 30.6 Å². The van der Waals surface area contributed by atoms with Crippen LogP contribution in [0.25, 0.3) is 11.0 Å². The first-order chi connectivity index (χ1) is 10.3. The van der Waals surface area contributed by atoms with Crippen LogP contribution in [0.4, 0.5) is 0 Å². The predicted molar refractivity (Wildman–Crippen MR) is 82.1 cm³/mol. The van der Waals surface area contributed by atoms with E-state index in [1.54, 1.807) is 12.4 Å². The molecule has 0 atom stereocenters. The number of nitrogens with zero attached hydrogens (tertiary/aromatic N) is 3. The lowest BCUT2D eigenvalue weighted by molar-refractivity contribution is 0.0707. The molecule has 1 saturated heterocycles. The maximum Gasteiger partial charge on any atom is 0.256 e. The van der Waals surface area contributed by atoms with Gasteiger partial charge in [0.2, 0.25) is 0 Å². The zero-order valence-corrected chi connectivity index (χ0v) is 12.2. The van der Waals surface area contributed by atoms with E-state index in [2.05, 4.69) is 22.2 Å². The van der Waals surface area contributed by atoms with Crippen LogP contribution in [0.5, 0.6) is 0 Å². The van der Waals surface area contributed by atoms with Crippen LogP contribution >= 0.6 is 0 Å². The van der Waals surface area contributed by atoms with Crippen LogP contribution < -0.4 is 5.32 Å². The first kappa shape index (κ1) is 13.9. The van der Waals surface area contributed by atoms with Crippen molar-refractivity contribution >= 4 is 16.9 Å². The molecule has 0 saturated carbocycles. The van der Waals surface area contributed by atoms with Gasteiger partial charge in [-0.25, -0.2) is 0 Å². The normalized spacial score (nSPS) is 16.3.